The maximum atomic E-state index is 12.2. The zero-order chi connectivity index (χ0) is 14.8. The molecule has 4 nitrogen and oxygen atoms in total. The number of amides is 1. The molecule has 4 heteroatoms. The molecule has 2 rings (SSSR count). The van der Waals surface area contributed by atoms with E-state index in [-0.39, 0.29) is 17.0 Å². The molecular weight excluding hydrogens is 250 g/mol. The lowest BCUT2D eigenvalue weighted by Gasteiger charge is -2.45. The fraction of sp³-hybridized carbons (Fsp3) is 0.625. The molecule has 110 valence electrons. The SMILES string of the molecule is CC1(NC(=O)c2cccnc2)CCN(C(C)(C)C)CC1. The van der Waals surface area contributed by atoms with Crippen molar-refractivity contribution in [2.45, 2.75) is 51.6 Å². The normalized spacial score (nSPS) is 19.6. The third-order valence-corrected chi connectivity index (χ3v) is 4.15. The average Bonchev–Trinajstić information content (AvgIpc) is 2.38. The number of rotatable bonds is 2. The van der Waals surface area contributed by atoms with E-state index in [0.717, 1.165) is 25.9 Å². The van der Waals surface area contributed by atoms with Crippen molar-refractivity contribution in [2.75, 3.05) is 13.1 Å². The molecule has 0 bridgehead atoms. The fourth-order valence-corrected chi connectivity index (χ4v) is 2.64. The summed E-state index contributed by atoms with van der Waals surface area (Å²) in [5, 5.41) is 3.18. The van der Waals surface area contributed by atoms with Crippen LogP contribution in [-0.4, -0.2) is 40.0 Å². The highest BCUT2D eigenvalue weighted by molar-refractivity contribution is 5.94. The summed E-state index contributed by atoms with van der Waals surface area (Å²) in [5.41, 5.74) is 0.718. The van der Waals surface area contributed by atoms with Crippen LogP contribution in [0.3, 0.4) is 0 Å². The van der Waals surface area contributed by atoms with Gasteiger partial charge in [-0.3, -0.25) is 14.7 Å². The number of pyridine rings is 1. The van der Waals surface area contributed by atoms with Gasteiger partial charge in [0.25, 0.3) is 5.91 Å². The molecule has 20 heavy (non-hydrogen) atoms. The summed E-state index contributed by atoms with van der Waals surface area (Å²) in [6.07, 6.45) is 5.26. The minimum absolute atomic E-state index is 0.0233. The Hall–Kier alpha value is -1.42. The third-order valence-electron chi connectivity index (χ3n) is 4.15. The maximum absolute atomic E-state index is 12.2. The molecule has 0 atom stereocenters. The topological polar surface area (TPSA) is 45.2 Å². The van der Waals surface area contributed by atoms with Gasteiger partial charge in [0.15, 0.2) is 0 Å². The summed E-state index contributed by atoms with van der Waals surface area (Å²) < 4.78 is 0. The number of hydrogen-bond donors (Lipinski definition) is 1. The quantitative estimate of drug-likeness (QED) is 0.902. The number of likely N-dealkylation sites (tertiary alicyclic amines) is 1. The first-order valence-electron chi connectivity index (χ1n) is 7.28. The van der Waals surface area contributed by atoms with Crippen molar-refractivity contribution in [1.82, 2.24) is 15.2 Å². The monoisotopic (exact) mass is 275 g/mol. The Labute approximate surface area is 121 Å². The van der Waals surface area contributed by atoms with E-state index in [1.54, 1.807) is 24.5 Å². The predicted octanol–water partition coefficient (Wildman–Crippen LogP) is 2.46. The van der Waals surface area contributed by atoms with Gasteiger partial charge < -0.3 is 5.32 Å². The molecule has 0 aliphatic carbocycles. The number of nitrogens with one attached hydrogen (secondary N) is 1. The fourth-order valence-electron chi connectivity index (χ4n) is 2.64. The summed E-state index contributed by atoms with van der Waals surface area (Å²) >= 11 is 0. The molecule has 0 aromatic carbocycles. The molecule has 1 amide bonds. The molecule has 1 fully saturated rings. The summed E-state index contributed by atoms with van der Waals surface area (Å²) in [5.74, 6) is -0.0233. The number of carbonyl (C=O) groups excluding carboxylic acids is 1. The van der Waals surface area contributed by atoms with Crippen molar-refractivity contribution in [3.8, 4) is 0 Å². The van der Waals surface area contributed by atoms with Crippen molar-refractivity contribution in [3.05, 3.63) is 30.1 Å². The van der Waals surface area contributed by atoms with E-state index in [1.807, 2.05) is 0 Å². The Morgan fingerprint density at radius 3 is 2.50 bits per heavy atom. The van der Waals surface area contributed by atoms with E-state index in [2.05, 4.69) is 42.9 Å². The highest BCUT2D eigenvalue weighted by Gasteiger charge is 2.35. The van der Waals surface area contributed by atoms with E-state index in [0.29, 0.717) is 5.56 Å². The summed E-state index contributed by atoms with van der Waals surface area (Å²) in [4.78, 5) is 18.7. The molecule has 0 spiro atoms. The largest absolute Gasteiger partial charge is 0.347 e. The molecule has 1 aromatic rings. The zero-order valence-corrected chi connectivity index (χ0v) is 12.9. The van der Waals surface area contributed by atoms with Crippen LogP contribution in [-0.2, 0) is 0 Å². The van der Waals surface area contributed by atoms with Gasteiger partial charge in [-0.05, 0) is 52.7 Å². The molecule has 1 aliphatic heterocycles. The highest BCUT2D eigenvalue weighted by atomic mass is 16.1. The lowest BCUT2D eigenvalue weighted by atomic mass is 9.87. The van der Waals surface area contributed by atoms with Gasteiger partial charge in [-0.25, -0.2) is 0 Å². The lowest BCUT2D eigenvalue weighted by molar-refractivity contribution is 0.0614. The third kappa shape index (κ3) is 3.57. The Kier molecular flexibility index (Phi) is 4.14. The Bertz CT molecular complexity index is 456. The number of hydrogen-bond acceptors (Lipinski definition) is 3. The second-order valence-corrected chi connectivity index (χ2v) is 6.91. The van der Waals surface area contributed by atoms with Crippen molar-refractivity contribution in [2.24, 2.45) is 0 Å². The molecule has 1 aromatic heterocycles. The smallest absolute Gasteiger partial charge is 0.253 e. The summed E-state index contributed by atoms with van der Waals surface area (Å²) in [7, 11) is 0. The predicted molar refractivity (Wildman–Crippen MR) is 80.7 cm³/mol. The van der Waals surface area contributed by atoms with E-state index in [4.69, 9.17) is 0 Å². The van der Waals surface area contributed by atoms with Gasteiger partial charge in [-0.15, -0.1) is 0 Å². The van der Waals surface area contributed by atoms with Crippen LogP contribution in [0.15, 0.2) is 24.5 Å². The van der Waals surface area contributed by atoms with Crippen LogP contribution < -0.4 is 5.32 Å². The van der Waals surface area contributed by atoms with E-state index >= 15 is 0 Å². The first-order valence-corrected chi connectivity index (χ1v) is 7.28. The molecule has 0 radical (unpaired) electrons. The zero-order valence-electron chi connectivity index (χ0n) is 12.9. The molecule has 0 saturated carbocycles. The van der Waals surface area contributed by atoms with Crippen molar-refractivity contribution in [1.29, 1.82) is 0 Å². The van der Waals surface area contributed by atoms with E-state index in [9.17, 15) is 4.79 Å². The Balaban J connectivity index is 1.96. The molecule has 1 saturated heterocycles. The first kappa shape index (κ1) is 15.0. The Morgan fingerprint density at radius 2 is 2.00 bits per heavy atom. The van der Waals surface area contributed by atoms with Crippen molar-refractivity contribution in [3.63, 3.8) is 0 Å². The number of carbonyl (C=O) groups is 1. The molecular formula is C16H25N3O. The molecule has 0 unspecified atom stereocenters. The summed E-state index contributed by atoms with van der Waals surface area (Å²) in [6, 6.07) is 3.59. The lowest BCUT2D eigenvalue weighted by Crippen LogP contribution is -2.56. The second-order valence-electron chi connectivity index (χ2n) is 6.91. The van der Waals surface area contributed by atoms with Crippen LogP contribution in [0.1, 0.15) is 50.9 Å². The Morgan fingerprint density at radius 1 is 1.35 bits per heavy atom. The number of aromatic nitrogens is 1. The minimum atomic E-state index is -0.116. The van der Waals surface area contributed by atoms with Gasteiger partial charge in [0, 0.05) is 36.6 Å². The number of nitrogens with zero attached hydrogens (tertiary/aromatic N) is 2. The van der Waals surface area contributed by atoms with Crippen LogP contribution in [0.2, 0.25) is 0 Å². The van der Waals surface area contributed by atoms with Crippen LogP contribution in [0.25, 0.3) is 0 Å². The highest BCUT2D eigenvalue weighted by Crippen LogP contribution is 2.26. The van der Waals surface area contributed by atoms with Crippen LogP contribution >= 0.6 is 0 Å². The van der Waals surface area contributed by atoms with Gasteiger partial charge in [0.2, 0.25) is 0 Å². The van der Waals surface area contributed by atoms with Crippen LogP contribution in [0.5, 0.6) is 0 Å². The number of piperidine rings is 1. The van der Waals surface area contributed by atoms with Crippen molar-refractivity contribution < 1.29 is 4.79 Å². The minimum Gasteiger partial charge on any atom is -0.347 e. The summed E-state index contributed by atoms with van der Waals surface area (Å²) in [6.45, 7) is 10.9. The van der Waals surface area contributed by atoms with Gasteiger partial charge in [0.05, 0.1) is 5.56 Å². The van der Waals surface area contributed by atoms with Crippen LogP contribution in [0, 0.1) is 0 Å². The van der Waals surface area contributed by atoms with E-state index in [1.165, 1.54) is 0 Å². The average molecular weight is 275 g/mol. The van der Waals surface area contributed by atoms with Crippen LogP contribution in [0.4, 0.5) is 0 Å². The van der Waals surface area contributed by atoms with Crippen molar-refractivity contribution >= 4 is 5.91 Å². The molecule has 1 N–H and O–H groups in total. The second kappa shape index (κ2) is 5.52. The first-order chi connectivity index (χ1) is 9.30. The molecule has 2 heterocycles. The van der Waals surface area contributed by atoms with E-state index < -0.39 is 0 Å². The van der Waals surface area contributed by atoms with Gasteiger partial charge in [-0.1, -0.05) is 0 Å². The standard InChI is InChI=1S/C16H25N3O/c1-15(2,3)19-10-7-16(4,8-11-19)18-14(20)13-6-5-9-17-12-13/h5-6,9,12H,7-8,10-11H2,1-4H3,(H,18,20). The van der Waals surface area contributed by atoms with Gasteiger partial charge >= 0.3 is 0 Å². The molecule has 1 aliphatic rings. The van der Waals surface area contributed by atoms with Gasteiger partial charge in [0.1, 0.15) is 0 Å². The maximum Gasteiger partial charge on any atom is 0.253 e. The van der Waals surface area contributed by atoms with Gasteiger partial charge in [-0.2, -0.15) is 0 Å².